The number of nitrogens with zero attached hydrogens (tertiary/aromatic N) is 2. The third kappa shape index (κ3) is 2.70. The van der Waals surface area contributed by atoms with Crippen LogP contribution in [-0.4, -0.2) is 31.7 Å². The van der Waals surface area contributed by atoms with E-state index in [9.17, 15) is 5.11 Å². The summed E-state index contributed by atoms with van der Waals surface area (Å²) in [6.07, 6.45) is 3.13. The van der Waals surface area contributed by atoms with Gasteiger partial charge in [-0.25, -0.2) is 0 Å². The molecule has 1 saturated heterocycles. The molecule has 4 heteroatoms. The number of aliphatic hydroxyl groups is 1. The van der Waals surface area contributed by atoms with E-state index in [0.717, 1.165) is 5.69 Å². The fourth-order valence-electron chi connectivity index (χ4n) is 3.07. The van der Waals surface area contributed by atoms with Gasteiger partial charge in [-0.05, 0) is 47.6 Å². The summed E-state index contributed by atoms with van der Waals surface area (Å²) in [5.41, 5.74) is -0.797. The Morgan fingerprint density at radius 2 is 2.00 bits per heavy atom. The Balaban J connectivity index is 2.21. The van der Waals surface area contributed by atoms with Gasteiger partial charge < -0.3 is 9.84 Å². The highest BCUT2D eigenvalue weighted by molar-refractivity contribution is 5.13. The number of ether oxygens (including phenoxy) is 1. The van der Waals surface area contributed by atoms with Crippen LogP contribution in [0.4, 0.5) is 0 Å². The van der Waals surface area contributed by atoms with Crippen molar-refractivity contribution in [2.75, 3.05) is 0 Å². The van der Waals surface area contributed by atoms with Gasteiger partial charge >= 0.3 is 0 Å². The smallest absolute Gasteiger partial charge is 0.101 e. The zero-order valence-corrected chi connectivity index (χ0v) is 12.9. The summed E-state index contributed by atoms with van der Waals surface area (Å²) < 4.78 is 7.92. The van der Waals surface area contributed by atoms with Gasteiger partial charge in [-0.3, -0.25) is 4.68 Å². The Hall–Kier alpha value is -0.870. The molecule has 19 heavy (non-hydrogen) atoms. The standard InChI is InChI=1S/C15H26N2O2/c1-11(2)17-8-7-12(16-17)9-15(18)10-13(3,4)19-14(15,5)6/h7-8,11,18H,9-10H2,1-6H3. The molecule has 2 heterocycles. The Morgan fingerprint density at radius 3 is 2.42 bits per heavy atom. The summed E-state index contributed by atoms with van der Waals surface area (Å²) in [6.45, 7) is 12.2. The van der Waals surface area contributed by atoms with Crippen LogP contribution >= 0.6 is 0 Å². The Bertz CT molecular complexity index is 462. The highest BCUT2D eigenvalue weighted by Gasteiger charge is 2.56. The second kappa shape index (κ2) is 4.32. The number of aromatic nitrogens is 2. The molecule has 1 aromatic heterocycles. The van der Waals surface area contributed by atoms with E-state index in [1.807, 2.05) is 44.6 Å². The molecule has 1 atom stereocenters. The quantitative estimate of drug-likeness (QED) is 0.915. The minimum Gasteiger partial charge on any atom is -0.386 e. The lowest BCUT2D eigenvalue weighted by atomic mass is 9.79. The van der Waals surface area contributed by atoms with E-state index in [2.05, 4.69) is 18.9 Å². The van der Waals surface area contributed by atoms with Crippen LogP contribution < -0.4 is 0 Å². The molecule has 1 aliphatic heterocycles. The molecule has 1 aromatic rings. The molecular formula is C15H26N2O2. The molecule has 2 rings (SSSR count). The topological polar surface area (TPSA) is 47.3 Å². The van der Waals surface area contributed by atoms with Crippen LogP contribution in [0.25, 0.3) is 0 Å². The van der Waals surface area contributed by atoms with Crippen molar-refractivity contribution in [3.8, 4) is 0 Å². The molecule has 1 fully saturated rings. The SMILES string of the molecule is CC(C)n1ccc(CC2(O)CC(C)(C)OC2(C)C)n1. The lowest BCUT2D eigenvalue weighted by Crippen LogP contribution is -2.48. The Kier molecular flexibility index (Phi) is 3.30. The van der Waals surface area contributed by atoms with E-state index < -0.39 is 11.2 Å². The maximum Gasteiger partial charge on any atom is 0.101 e. The average molecular weight is 266 g/mol. The normalized spacial score (nSPS) is 29.1. The van der Waals surface area contributed by atoms with E-state index in [4.69, 9.17) is 4.74 Å². The molecule has 1 unspecified atom stereocenters. The van der Waals surface area contributed by atoms with Gasteiger partial charge in [0.1, 0.15) is 5.60 Å². The maximum absolute atomic E-state index is 11.0. The third-order valence-corrected chi connectivity index (χ3v) is 4.04. The molecule has 4 nitrogen and oxygen atoms in total. The molecule has 1 aliphatic rings. The first-order valence-corrected chi connectivity index (χ1v) is 7.01. The molecule has 0 aromatic carbocycles. The molecule has 108 valence electrons. The second-order valence-electron chi connectivity index (χ2n) is 7.14. The van der Waals surface area contributed by atoms with Crippen molar-refractivity contribution in [2.45, 2.75) is 77.2 Å². The lowest BCUT2D eigenvalue weighted by Gasteiger charge is -2.34. The first kappa shape index (κ1) is 14.5. The molecule has 0 amide bonds. The first-order valence-electron chi connectivity index (χ1n) is 7.01. The zero-order chi connectivity index (χ0) is 14.5. The molecule has 0 bridgehead atoms. The Morgan fingerprint density at radius 1 is 1.37 bits per heavy atom. The van der Waals surface area contributed by atoms with Crippen LogP contribution in [0.1, 0.15) is 59.7 Å². The van der Waals surface area contributed by atoms with Crippen LogP contribution in [0, 0.1) is 0 Å². The molecule has 0 aliphatic carbocycles. The van der Waals surface area contributed by atoms with Gasteiger partial charge in [0, 0.05) is 25.1 Å². The highest BCUT2D eigenvalue weighted by Crippen LogP contribution is 2.46. The van der Waals surface area contributed by atoms with Gasteiger partial charge in [0.2, 0.25) is 0 Å². The number of hydrogen-bond donors (Lipinski definition) is 1. The largest absolute Gasteiger partial charge is 0.386 e. The molecule has 1 N–H and O–H groups in total. The zero-order valence-electron chi connectivity index (χ0n) is 12.9. The van der Waals surface area contributed by atoms with Crippen molar-refractivity contribution in [3.63, 3.8) is 0 Å². The van der Waals surface area contributed by atoms with Gasteiger partial charge in [-0.2, -0.15) is 5.10 Å². The van der Waals surface area contributed by atoms with Gasteiger partial charge in [0.15, 0.2) is 0 Å². The highest BCUT2D eigenvalue weighted by atomic mass is 16.5. The molecule has 0 radical (unpaired) electrons. The number of rotatable bonds is 3. The van der Waals surface area contributed by atoms with Crippen LogP contribution in [0.3, 0.4) is 0 Å². The molecular weight excluding hydrogens is 240 g/mol. The molecule has 0 spiro atoms. The van der Waals surface area contributed by atoms with E-state index >= 15 is 0 Å². The fraction of sp³-hybridized carbons (Fsp3) is 0.800. The van der Waals surface area contributed by atoms with Crippen LogP contribution in [-0.2, 0) is 11.2 Å². The third-order valence-electron chi connectivity index (χ3n) is 4.04. The van der Waals surface area contributed by atoms with Crippen molar-refractivity contribution in [1.82, 2.24) is 9.78 Å². The summed E-state index contributed by atoms with van der Waals surface area (Å²) in [5.74, 6) is 0. The predicted octanol–water partition coefficient (Wildman–Crippen LogP) is 2.72. The van der Waals surface area contributed by atoms with Crippen LogP contribution in [0.15, 0.2) is 12.3 Å². The average Bonchev–Trinajstić information content (AvgIpc) is 2.67. The summed E-state index contributed by atoms with van der Waals surface area (Å²) >= 11 is 0. The van der Waals surface area contributed by atoms with Gasteiger partial charge in [-0.1, -0.05) is 0 Å². The summed E-state index contributed by atoms with van der Waals surface area (Å²) in [5, 5.41) is 15.5. The lowest BCUT2D eigenvalue weighted by molar-refractivity contribution is -0.126. The fourth-order valence-corrected chi connectivity index (χ4v) is 3.07. The minimum atomic E-state index is -0.868. The van der Waals surface area contributed by atoms with Crippen LogP contribution in [0.2, 0.25) is 0 Å². The van der Waals surface area contributed by atoms with Gasteiger partial charge in [0.25, 0.3) is 0 Å². The van der Waals surface area contributed by atoms with Crippen molar-refractivity contribution < 1.29 is 9.84 Å². The van der Waals surface area contributed by atoms with E-state index in [1.54, 1.807) is 0 Å². The first-order chi connectivity index (χ1) is 8.55. The monoisotopic (exact) mass is 266 g/mol. The van der Waals surface area contributed by atoms with Crippen molar-refractivity contribution in [1.29, 1.82) is 0 Å². The van der Waals surface area contributed by atoms with Crippen molar-refractivity contribution in [3.05, 3.63) is 18.0 Å². The van der Waals surface area contributed by atoms with E-state index in [-0.39, 0.29) is 5.60 Å². The molecule has 0 saturated carbocycles. The summed E-state index contributed by atoms with van der Waals surface area (Å²) in [4.78, 5) is 0. The summed E-state index contributed by atoms with van der Waals surface area (Å²) in [6, 6.07) is 2.33. The van der Waals surface area contributed by atoms with Crippen molar-refractivity contribution in [2.24, 2.45) is 0 Å². The van der Waals surface area contributed by atoms with Crippen molar-refractivity contribution >= 4 is 0 Å². The van der Waals surface area contributed by atoms with Crippen LogP contribution in [0.5, 0.6) is 0 Å². The minimum absolute atomic E-state index is 0.293. The second-order valence-corrected chi connectivity index (χ2v) is 7.14. The Labute approximate surface area is 115 Å². The van der Waals surface area contributed by atoms with Gasteiger partial charge in [0.05, 0.1) is 16.9 Å². The predicted molar refractivity (Wildman–Crippen MR) is 75.1 cm³/mol. The van der Waals surface area contributed by atoms with E-state index in [0.29, 0.717) is 18.9 Å². The number of hydrogen-bond acceptors (Lipinski definition) is 3. The van der Waals surface area contributed by atoms with Gasteiger partial charge in [-0.15, -0.1) is 0 Å². The maximum atomic E-state index is 11.0. The summed E-state index contributed by atoms with van der Waals surface area (Å²) in [7, 11) is 0. The van der Waals surface area contributed by atoms with E-state index in [1.165, 1.54) is 0 Å².